The second-order valence-electron chi connectivity index (χ2n) is 6.78. The van der Waals surface area contributed by atoms with Crippen LogP contribution in [-0.2, 0) is 6.54 Å². The van der Waals surface area contributed by atoms with Crippen LogP contribution in [0, 0.1) is 12.8 Å². The summed E-state index contributed by atoms with van der Waals surface area (Å²) in [5.41, 5.74) is 1.86. The van der Waals surface area contributed by atoms with E-state index in [-0.39, 0.29) is 11.0 Å². The summed E-state index contributed by atoms with van der Waals surface area (Å²) in [7, 11) is 0. The zero-order chi connectivity index (χ0) is 18.7. The summed E-state index contributed by atoms with van der Waals surface area (Å²) < 4.78 is 7.52. The molecular weight excluding hydrogens is 346 g/mol. The van der Waals surface area contributed by atoms with Crippen molar-refractivity contribution in [2.75, 3.05) is 0 Å². The first-order valence-corrected chi connectivity index (χ1v) is 9.58. The van der Waals surface area contributed by atoms with E-state index in [1.807, 2.05) is 54.8 Å². The van der Waals surface area contributed by atoms with Crippen molar-refractivity contribution < 1.29 is 9.21 Å². The van der Waals surface area contributed by atoms with E-state index < -0.39 is 0 Å². The van der Waals surface area contributed by atoms with Gasteiger partial charge in [-0.25, -0.2) is 0 Å². The lowest BCUT2D eigenvalue weighted by atomic mass is 10.1. The molecule has 0 saturated carbocycles. The Morgan fingerprint density at radius 3 is 2.50 bits per heavy atom. The third-order valence-corrected chi connectivity index (χ3v) is 5.07. The van der Waals surface area contributed by atoms with Crippen molar-refractivity contribution in [3.05, 3.63) is 53.8 Å². The molecule has 1 aromatic carbocycles. The highest BCUT2D eigenvalue weighted by atomic mass is 32.2. The van der Waals surface area contributed by atoms with Crippen LogP contribution in [0.1, 0.15) is 36.7 Å². The van der Waals surface area contributed by atoms with Crippen LogP contribution in [0.2, 0.25) is 0 Å². The van der Waals surface area contributed by atoms with E-state index in [9.17, 15) is 4.79 Å². The molecule has 2 heterocycles. The zero-order valence-corrected chi connectivity index (χ0v) is 16.3. The standard InChI is InChI=1S/C20H23N3O2S/c1-13(2)12-23-19(17-6-5-11-25-17)21-22-20(23)26-15(4)18(24)16-9-7-14(3)8-10-16/h5-11,13,15H,12H2,1-4H3. The Kier molecular flexibility index (Phi) is 5.61. The molecule has 0 aliphatic heterocycles. The Hall–Kier alpha value is -2.34. The first-order valence-electron chi connectivity index (χ1n) is 8.70. The Balaban J connectivity index is 1.84. The van der Waals surface area contributed by atoms with E-state index in [1.54, 1.807) is 6.26 Å². The van der Waals surface area contributed by atoms with Gasteiger partial charge in [-0.05, 0) is 31.9 Å². The summed E-state index contributed by atoms with van der Waals surface area (Å²) in [6, 6.07) is 11.4. The largest absolute Gasteiger partial charge is 0.461 e. The summed E-state index contributed by atoms with van der Waals surface area (Å²) >= 11 is 1.44. The summed E-state index contributed by atoms with van der Waals surface area (Å²) in [6.07, 6.45) is 1.63. The first kappa shape index (κ1) is 18.5. The SMILES string of the molecule is Cc1ccc(C(=O)C(C)Sc2nnc(-c3ccco3)n2CC(C)C)cc1. The minimum Gasteiger partial charge on any atom is -0.461 e. The molecule has 136 valence electrons. The number of ketones is 1. The predicted octanol–water partition coefficient (Wildman–Crippen LogP) is 4.87. The first-order chi connectivity index (χ1) is 12.5. The number of hydrogen-bond donors (Lipinski definition) is 0. The van der Waals surface area contributed by atoms with Crippen LogP contribution in [0.3, 0.4) is 0 Å². The maximum Gasteiger partial charge on any atom is 0.200 e. The molecule has 1 atom stereocenters. The number of hydrogen-bond acceptors (Lipinski definition) is 5. The normalized spacial score (nSPS) is 12.5. The highest BCUT2D eigenvalue weighted by Crippen LogP contribution is 2.29. The zero-order valence-electron chi connectivity index (χ0n) is 15.5. The highest BCUT2D eigenvalue weighted by molar-refractivity contribution is 8.00. The van der Waals surface area contributed by atoms with Crippen molar-refractivity contribution in [2.24, 2.45) is 5.92 Å². The van der Waals surface area contributed by atoms with Gasteiger partial charge in [-0.1, -0.05) is 55.4 Å². The third kappa shape index (κ3) is 4.07. The van der Waals surface area contributed by atoms with Gasteiger partial charge in [-0.15, -0.1) is 10.2 Å². The van der Waals surface area contributed by atoms with Gasteiger partial charge in [0.2, 0.25) is 0 Å². The van der Waals surface area contributed by atoms with Crippen molar-refractivity contribution in [3.63, 3.8) is 0 Å². The van der Waals surface area contributed by atoms with E-state index in [1.165, 1.54) is 11.8 Å². The summed E-state index contributed by atoms with van der Waals surface area (Å²) in [6.45, 7) is 8.96. The molecule has 0 fully saturated rings. The second kappa shape index (κ2) is 7.91. The van der Waals surface area contributed by atoms with Crippen LogP contribution in [0.25, 0.3) is 11.6 Å². The topological polar surface area (TPSA) is 60.9 Å². The molecule has 5 nitrogen and oxygen atoms in total. The van der Waals surface area contributed by atoms with Crippen molar-refractivity contribution in [1.29, 1.82) is 0 Å². The van der Waals surface area contributed by atoms with Gasteiger partial charge >= 0.3 is 0 Å². The molecule has 1 unspecified atom stereocenters. The van der Waals surface area contributed by atoms with Gasteiger partial charge < -0.3 is 4.42 Å². The molecular formula is C20H23N3O2S. The molecule has 0 amide bonds. The Morgan fingerprint density at radius 2 is 1.88 bits per heavy atom. The van der Waals surface area contributed by atoms with Gasteiger partial charge in [0.15, 0.2) is 22.5 Å². The van der Waals surface area contributed by atoms with Crippen LogP contribution in [0.4, 0.5) is 0 Å². The van der Waals surface area contributed by atoms with E-state index >= 15 is 0 Å². The maximum atomic E-state index is 12.7. The van der Waals surface area contributed by atoms with Gasteiger partial charge in [0, 0.05) is 12.1 Å². The third-order valence-electron chi connectivity index (χ3n) is 3.99. The predicted molar refractivity (Wildman–Crippen MR) is 103 cm³/mol. The Morgan fingerprint density at radius 1 is 1.15 bits per heavy atom. The fourth-order valence-electron chi connectivity index (χ4n) is 2.66. The molecule has 3 rings (SSSR count). The molecule has 0 N–H and O–H groups in total. The van der Waals surface area contributed by atoms with Crippen molar-refractivity contribution in [3.8, 4) is 11.6 Å². The Bertz CT molecular complexity index is 867. The van der Waals surface area contributed by atoms with Gasteiger partial charge in [-0.3, -0.25) is 9.36 Å². The number of Topliss-reactive ketones (excluding diaryl/α,β-unsaturated/α-hetero) is 1. The van der Waals surface area contributed by atoms with E-state index in [2.05, 4.69) is 24.0 Å². The van der Waals surface area contributed by atoms with Gasteiger partial charge in [0.05, 0.1) is 11.5 Å². The number of furan rings is 1. The quantitative estimate of drug-likeness (QED) is 0.439. The molecule has 0 bridgehead atoms. The van der Waals surface area contributed by atoms with Crippen molar-refractivity contribution in [1.82, 2.24) is 14.8 Å². The van der Waals surface area contributed by atoms with E-state index in [4.69, 9.17) is 4.42 Å². The number of rotatable bonds is 7. The minimum atomic E-state index is -0.253. The smallest absolute Gasteiger partial charge is 0.200 e. The van der Waals surface area contributed by atoms with E-state index in [0.29, 0.717) is 17.5 Å². The van der Waals surface area contributed by atoms with Gasteiger partial charge in [-0.2, -0.15) is 0 Å². The lowest BCUT2D eigenvalue weighted by Gasteiger charge is -2.14. The van der Waals surface area contributed by atoms with Gasteiger partial charge in [0.1, 0.15) is 0 Å². The van der Waals surface area contributed by atoms with Crippen molar-refractivity contribution in [2.45, 2.75) is 44.6 Å². The average Bonchev–Trinajstić information content (AvgIpc) is 3.25. The number of aryl methyl sites for hydroxylation is 1. The number of thioether (sulfide) groups is 1. The number of aromatic nitrogens is 3. The molecule has 3 aromatic rings. The minimum absolute atomic E-state index is 0.0913. The molecule has 0 aliphatic carbocycles. The van der Waals surface area contributed by atoms with Crippen LogP contribution >= 0.6 is 11.8 Å². The highest BCUT2D eigenvalue weighted by Gasteiger charge is 2.23. The van der Waals surface area contributed by atoms with Crippen LogP contribution in [0.15, 0.2) is 52.2 Å². The second-order valence-corrected chi connectivity index (χ2v) is 8.09. The van der Waals surface area contributed by atoms with Crippen LogP contribution < -0.4 is 0 Å². The molecule has 6 heteroatoms. The number of nitrogens with zero attached hydrogens (tertiary/aromatic N) is 3. The molecule has 0 spiro atoms. The maximum absolute atomic E-state index is 12.7. The number of carbonyl (C=O) groups is 1. The average molecular weight is 369 g/mol. The summed E-state index contributed by atoms with van der Waals surface area (Å²) in [4.78, 5) is 12.7. The lowest BCUT2D eigenvalue weighted by molar-refractivity contribution is 0.0994. The molecule has 0 aliphatic rings. The summed E-state index contributed by atoms with van der Waals surface area (Å²) in [5.74, 6) is 1.89. The number of benzene rings is 1. The fourth-order valence-corrected chi connectivity index (χ4v) is 3.59. The monoisotopic (exact) mass is 369 g/mol. The van der Waals surface area contributed by atoms with Crippen LogP contribution in [-0.4, -0.2) is 25.8 Å². The molecule has 0 saturated heterocycles. The molecule has 0 radical (unpaired) electrons. The summed E-state index contributed by atoms with van der Waals surface area (Å²) in [5, 5.41) is 9.10. The number of carbonyl (C=O) groups excluding carboxylic acids is 1. The Labute approximate surface area is 157 Å². The van der Waals surface area contributed by atoms with Crippen molar-refractivity contribution >= 4 is 17.5 Å². The van der Waals surface area contributed by atoms with E-state index in [0.717, 1.165) is 22.8 Å². The lowest BCUT2D eigenvalue weighted by Crippen LogP contribution is -2.15. The molecule has 26 heavy (non-hydrogen) atoms. The van der Waals surface area contributed by atoms with Crippen LogP contribution in [0.5, 0.6) is 0 Å². The fraction of sp³-hybridized carbons (Fsp3) is 0.350. The van der Waals surface area contributed by atoms with Gasteiger partial charge in [0.25, 0.3) is 0 Å². The molecule has 2 aromatic heterocycles.